The van der Waals surface area contributed by atoms with Gasteiger partial charge >= 0.3 is 0 Å². The Balaban J connectivity index is 3.74. The normalized spacial score (nSPS) is 13.5. The molecule has 0 rings (SSSR count). The van der Waals surface area contributed by atoms with Gasteiger partial charge in [0.2, 0.25) is 0 Å². The molecule has 2 nitrogen and oxygen atoms in total. The van der Waals surface area contributed by atoms with E-state index in [2.05, 4.69) is 5.32 Å². The number of hydrogen-bond acceptors (Lipinski definition) is 2. The molecule has 0 saturated heterocycles. The zero-order valence-corrected chi connectivity index (χ0v) is 9.49. The minimum atomic E-state index is -0.563. The second-order valence-corrected chi connectivity index (χ2v) is 3.71. The Morgan fingerprint density at radius 3 is 2.38 bits per heavy atom. The fourth-order valence-corrected chi connectivity index (χ4v) is 1.11. The third-order valence-corrected chi connectivity index (χ3v) is 2.73. The Hall–Kier alpha value is -0.0500. The maximum Gasteiger partial charge on any atom is 0.0766 e. The van der Waals surface area contributed by atoms with Crippen LogP contribution in [-0.2, 0) is 0 Å². The number of rotatable bonds is 6. The molecular formula is C10H20ClNO. The highest BCUT2D eigenvalue weighted by atomic mass is 35.5. The molecule has 0 aliphatic heterocycles. The van der Waals surface area contributed by atoms with Gasteiger partial charge in [0.05, 0.1) is 5.60 Å². The Bertz CT molecular complexity index is 164. The highest BCUT2D eigenvalue weighted by molar-refractivity contribution is 6.25. The standard InChI is InChI=1S/C10H20ClNO/c1-4-10(13,5-2)8-12-7-9(3)6-11/h6,12-13H,4-5,7-8H2,1-3H3. The average Bonchev–Trinajstić information content (AvgIpc) is 2.17. The summed E-state index contributed by atoms with van der Waals surface area (Å²) < 4.78 is 0. The van der Waals surface area contributed by atoms with Gasteiger partial charge in [-0.3, -0.25) is 0 Å². The molecule has 0 aliphatic rings. The maximum absolute atomic E-state index is 9.90. The fraction of sp³-hybridized carbons (Fsp3) is 0.800. The van der Waals surface area contributed by atoms with Crippen LogP contribution in [0.3, 0.4) is 0 Å². The predicted molar refractivity (Wildman–Crippen MR) is 58.0 cm³/mol. The summed E-state index contributed by atoms with van der Waals surface area (Å²) in [6, 6.07) is 0. The van der Waals surface area contributed by atoms with Crippen molar-refractivity contribution in [1.82, 2.24) is 5.32 Å². The van der Waals surface area contributed by atoms with E-state index < -0.39 is 5.60 Å². The molecule has 0 aromatic heterocycles. The van der Waals surface area contributed by atoms with E-state index >= 15 is 0 Å². The first-order valence-electron chi connectivity index (χ1n) is 4.77. The lowest BCUT2D eigenvalue weighted by molar-refractivity contribution is 0.0334. The molecule has 13 heavy (non-hydrogen) atoms. The van der Waals surface area contributed by atoms with Crippen molar-refractivity contribution in [2.45, 2.75) is 39.2 Å². The lowest BCUT2D eigenvalue weighted by Crippen LogP contribution is -2.39. The zero-order chi connectivity index (χ0) is 10.3. The zero-order valence-electron chi connectivity index (χ0n) is 8.73. The van der Waals surface area contributed by atoms with Crippen LogP contribution in [0.1, 0.15) is 33.6 Å². The van der Waals surface area contributed by atoms with Crippen LogP contribution in [0.5, 0.6) is 0 Å². The van der Waals surface area contributed by atoms with E-state index in [-0.39, 0.29) is 0 Å². The molecule has 0 unspecified atom stereocenters. The van der Waals surface area contributed by atoms with Crippen LogP contribution in [0.25, 0.3) is 0 Å². The molecule has 0 bridgehead atoms. The van der Waals surface area contributed by atoms with Crippen LogP contribution in [0.15, 0.2) is 11.1 Å². The highest BCUT2D eigenvalue weighted by Crippen LogP contribution is 2.12. The Labute approximate surface area is 86.0 Å². The SMILES string of the molecule is CCC(O)(CC)CNCC(C)=CCl. The van der Waals surface area contributed by atoms with E-state index in [1.807, 2.05) is 20.8 Å². The smallest absolute Gasteiger partial charge is 0.0766 e. The Kier molecular flexibility index (Phi) is 6.39. The van der Waals surface area contributed by atoms with Crippen molar-refractivity contribution in [2.24, 2.45) is 0 Å². The summed E-state index contributed by atoms with van der Waals surface area (Å²) >= 11 is 5.51. The summed E-state index contributed by atoms with van der Waals surface area (Å²) in [6.07, 6.45) is 1.56. The average molecular weight is 206 g/mol. The number of nitrogens with one attached hydrogen (secondary N) is 1. The van der Waals surface area contributed by atoms with Gasteiger partial charge in [0.25, 0.3) is 0 Å². The van der Waals surface area contributed by atoms with Crippen molar-refractivity contribution in [3.63, 3.8) is 0 Å². The molecule has 3 heteroatoms. The first-order chi connectivity index (χ1) is 6.08. The molecule has 0 amide bonds. The van der Waals surface area contributed by atoms with Crippen molar-refractivity contribution in [3.05, 3.63) is 11.1 Å². The number of hydrogen-bond donors (Lipinski definition) is 2. The number of halogens is 1. The quantitative estimate of drug-likeness (QED) is 0.698. The third-order valence-electron chi connectivity index (χ3n) is 2.36. The van der Waals surface area contributed by atoms with Crippen molar-refractivity contribution >= 4 is 11.6 Å². The molecule has 0 atom stereocenters. The third kappa shape index (κ3) is 5.29. The van der Waals surface area contributed by atoms with Crippen LogP contribution in [-0.4, -0.2) is 23.8 Å². The molecule has 0 aromatic carbocycles. The van der Waals surface area contributed by atoms with Crippen molar-refractivity contribution in [1.29, 1.82) is 0 Å². The van der Waals surface area contributed by atoms with Gasteiger partial charge in [-0.15, -0.1) is 0 Å². The lowest BCUT2D eigenvalue weighted by Gasteiger charge is -2.25. The van der Waals surface area contributed by atoms with E-state index in [1.54, 1.807) is 5.54 Å². The van der Waals surface area contributed by atoms with Crippen LogP contribution in [0.4, 0.5) is 0 Å². The van der Waals surface area contributed by atoms with E-state index in [1.165, 1.54) is 0 Å². The minimum Gasteiger partial charge on any atom is -0.389 e. The van der Waals surface area contributed by atoms with Crippen molar-refractivity contribution in [2.75, 3.05) is 13.1 Å². The van der Waals surface area contributed by atoms with Gasteiger partial charge in [-0.25, -0.2) is 0 Å². The molecule has 0 saturated carbocycles. The maximum atomic E-state index is 9.90. The molecule has 0 aromatic rings. The first kappa shape index (κ1) is 12.9. The second-order valence-electron chi connectivity index (χ2n) is 3.49. The van der Waals surface area contributed by atoms with Crippen LogP contribution < -0.4 is 5.32 Å². The van der Waals surface area contributed by atoms with E-state index in [0.29, 0.717) is 6.54 Å². The summed E-state index contributed by atoms with van der Waals surface area (Å²) in [5.74, 6) is 0. The topological polar surface area (TPSA) is 32.3 Å². The summed E-state index contributed by atoms with van der Waals surface area (Å²) in [7, 11) is 0. The van der Waals surface area contributed by atoms with Crippen molar-refractivity contribution in [3.8, 4) is 0 Å². The minimum absolute atomic E-state index is 0.563. The summed E-state index contributed by atoms with van der Waals surface area (Å²) in [5.41, 5.74) is 2.08. The van der Waals surface area contributed by atoms with E-state index in [9.17, 15) is 5.11 Å². The van der Waals surface area contributed by atoms with Crippen molar-refractivity contribution < 1.29 is 5.11 Å². The summed E-state index contributed by atoms with van der Waals surface area (Å²) in [6.45, 7) is 7.32. The molecule has 78 valence electrons. The highest BCUT2D eigenvalue weighted by Gasteiger charge is 2.20. The van der Waals surface area contributed by atoms with Gasteiger partial charge in [0.15, 0.2) is 0 Å². The van der Waals surface area contributed by atoms with E-state index in [0.717, 1.165) is 25.0 Å². The summed E-state index contributed by atoms with van der Waals surface area (Å²) in [4.78, 5) is 0. The molecule has 0 heterocycles. The molecule has 2 N–H and O–H groups in total. The summed E-state index contributed by atoms with van der Waals surface area (Å²) in [5, 5.41) is 13.1. The molecule has 0 aliphatic carbocycles. The largest absolute Gasteiger partial charge is 0.389 e. The fourth-order valence-electron chi connectivity index (χ4n) is 1.03. The Morgan fingerprint density at radius 2 is 2.00 bits per heavy atom. The second kappa shape index (κ2) is 6.41. The predicted octanol–water partition coefficient (Wildman–Crippen LogP) is 2.27. The molecule has 0 radical (unpaired) electrons. The van der Waals surface area contributed by atoms with Gasteiger partial charge < -0.3 is 10.4 Å². The molecule has 0 fully saturated rings. The number of aliphatic hydroxyl groups is 1. The molecule has 0 spiro atoms. The van der Waals surface area contributed by atoms with Gasteiger partial charge in [-0.05, 0) is 25.3 Å². The van der Waals surface area contributed by atoms with Crippen LogP contribution in [0, 0.1) is 0 Å². The Morgan fingerprint density at radius 1 is 1.46 bits per heavy atom. The monoisotopic (exact) mass is 205 g/mol. The van der Waals surface area contributed by atoms with Crippen LogP contribution >= 0.6 is 11.6 Å². The van der Waals surface area contributed by atoms with Gasteiger partial charge in [0, 0.05) is 18.6 Å². The lowest BCUT2D eigenvalue weighted by atomic mass is 9.97. The van der Waals surface area contributed by atoms with Gasteiger partial charge in [0.1, 0.15) is 0 Å². The van der Waals surface area contributed by atoms with Crippen LogP contribution in [0.2, 0.25) is 0 Å². The van der Waals surface area contributed by atoms with Gasteiger partial charge in [-0.1, -0.05) is 25.4 Å². The van der Waals surface area contributed by atoms with E-state index in [4.69, 9.17) is 11.6 Å². The van der Waals surface area contributed by atoms with Gasteiger partial charge in [-0.2, -0.15) is 0 Å². The molecular weight excluding hydrogens is 186 g/mol. The first-order valence-corrected chi connectivity index (χ1v) is 5.20.